The van der Waals surface area contributed by atoms with Gasteiger partial charge in [0.25, 0.3) is 0 Å². The first kappa shape index (κ1) is 17.6. The molecule has 1 N–H and O–H groups in total. The molecule has 25 heavy (non-hydrogen) atoms. The summed E-state index contributed by atoms with van der Waals surface area (Å²) in [5.74, 6) is 2.04. The van der Waals surface area contributed by atoms with E-state index in [1.807, 2.05) is 25.2 Å². The van der Waals surface area contributed by atoms with E-state index >= 15 is 0 Å². The molecule has 0 aliphatic heterocycles. The number of hydrogen-bond acceptors (Lipinski definition) is 3. The van der Waals surface area contributed by atoms with Crippen molar-refractivity contribution >= 4 is 0 Å². The van der Waals surface area contributed by atoms with Crippen molar-refractivity contribution in [3.8, 4) is 0 Å². The molecule has 0 unspecified atom stereocenters. The summed E-state index contributed by atoms with van der Waals surface area (Å²) in [6, 6.07) is 10.3. The summed E-state index contributed by atoms with van der Waals surface area (Å²) in [6.07, 6.45) is 12.7. The van der Waals surface area contributed by atoms with Gasteiger partial charge in [0.15, 0.2) is 0 Å². The molecule has 0 saturated carbocycles. The van der Waals surface area contributed by atoms with Gasteiger partial charge in [0.05, 0.1) is 5.76 Å². The molecule has 0 bridgehead atoms. The van der Waals surface area contributed by atoms with Gasteiger partial charge in [-0.25, -0.2) is 0 Å². The van der Waals surface area contributed by atoms with Crippen LogP contribution in [0.3, 0.4) is 0 Å². The molecule has 0 aromatic heterocycles. The van der Waals surface area contributed by atoms with Crippen LogP contribution >= 0.6 is 0 Å². The van der Waals surface area contributed by atoms with Crippen LogP contribution in [0.15, 0.2) is 77.3 Å². The molecule has 132 valence electrons. The minimum atomic E-state index is 0.600. The van der Waals surface area contributed by atoms with Crippen LogP contribution in [0.25, 0.3) is 0 Å². The normalized spacial score (nSPS) is 17.2. The van der Waals surface area contributed by atoms with Crippen LogP contribution in [0.5, 0.6) is 0 Å². The molecule has 0 fully saturated rings. The van der Waals surface area contributed by atoms with Crippen molar-refractivity contribution in [1.82, 2.24) is 5.32 Å². The number of rotatable bonds is 8. The Balaban J connectivity index is 1.57. The third-order valence-electron chi connectivity index (χ3n) is 4.50. The zero-order chi connectivity index (χ0) is 17.3. The van der Waals surface area contributed by atoms with Gasteiger partial charge >= 0.3 is 0 Å². The lowest BCUT2D eigenvalue weighted by atomic mass is 10.0. The van der Waals surface area contributed by atoms with Crippen LogP contribution in [0.2, 0.25) is 0 Å². The smallest absolute Gasteiger partial charge is 0.122 e. The second kappa shape index (κ2) is 9.28. The van der Waals surface area contributed by atoms with Crippen molar-refractivity contribution in [1.29, 1.82) is 0 Å². The predicted molar refractivity (Wildman–Crippen MR) is 102 cm³/mol. The monoisotopic (exact) mass is 337 g/mol. The lowest BCUT2D eigenvalue weighted by Crippen LogP contribution is -2.13. The lowest BCUT2D eigenvalue weighted by Gasteiger charge is -2.20. The molecule has 3 heteroatoms. The van der Waals surface area contributed by atoms with Crippen LogP contribution < -0.4 is 5.32 Å². The Bertz CT molecular complexity index is 683. The molecule has 0 radical (unpaired) electrons. The number of nitrogens with one attached hydrogen (secondary N) is 1. The van der Waals surface area contributed by atoms with Crippen molar-refractivity contribution in [3.05, 3.63) is 82.9 Å². The SMILES string of the molecule is CNCC1=CC=C(OCC2=C(OCc3ccccc3)C=CCC2)CC1. The molecule has 3 rings (SSSR count). The minimum Gasteiger partial charge on any atom is -0.493 e. The molecule has 0 amide bonds. The molecule has 0 spiro atoms. The Labute approximate surface area is 150 Å². The fourth-order valence-corrected chi connectivity index (χ4v) is 3.05. The Morgan fingerprint density at radius 3 is 2.60 bits per heavy atom. The van der Waals surface area contributed by atoms with Crippen molar-refractivity contribution in [2.24, 2.45) is 0 Å². The Morgan fingerprint density at radius 1 is 0.960 bits per heavy atom. The van der Waals surface area contributed by atoms with Gasteiger partial charge in [0.2, 0.25) is 0 Å². The quantitative estimate of drug-likeness (QED) is 0.749. The molecule has 3 nitrogen and oxygen atoms in total. The van der Waals surface area contributed by atoms with Crippen molar-refractivity contribution in [2.75, 3.05) is 20.2 Å². The lowest BCUT2D eigenvalue weighted by molar-refractivity contribution is 0.185. The van der Waals surface area contributed by atoms with E-state index in [0.717, 1.165) is 43.7 Å². The number of likely N-dealkylation sites (N-methyl/N-ethyl adjacent to an activating group) is 1. The van der Waals surface area contributed by atoms with Crippen LogP contribution in [0.1, 0.15) is 31.2 Å². The molecule has 2 aliphatic rings. The van der Waals surface area contributed by atoms with Gasteiger partial charge in [-0.05, 0) is 44.0 Å². The number of allylic oxidation sites excluding steroid dienone is 5. The van der Waals surface area contributed by atoms with Gasteiger partial charge in [-0.2, -0.15) is 0 Å². The van der Waals surface area contributed by atoms with E-state index in [0.29, 0.717) is 13.2 Å². The second-order valence-electron chi connectivity index (χ2n) is 6.46. The zero-order valence-electron chi connectivity index (χ0n) is 15.0. The first-order valence-corrected chi connectivity index (χ1v) is 9.06. The van der Waals surface area contributed by atoms with E-state index in [9.17, 15) is 0 Å². The summed E-state index contributed by atoms with van der Waals surface area (Å²) in [5, 5.41) is 3.20. The first-order chi connectivity index (χ1) is 12.3. The molecule has 1 aromatic rings. The maximum atomic E-state index is 6.06. The topological polar surface area (TPSA) is 30.5 Å². The van der Waals surface area contributed by atoms with E-state index in [1.54, 1.807) is 0 Å². The fraction of sp³-hybridized carbons (Fsp3) is 0.364. The zero-order valence-corrected chi connectivity index (χ0v) is 15.0. The third-order valence-corrected chi connectivity index (χ3v) is 4.50. The fourth-order valence-electron chi connectivity index (χ4n) is 3.05. The van der Waals surface area contributed by atoms with Crippen LogP contribution in [-0.2, 0) is 16.1 Å². The second-order valence-corrected chi connectivity index (χ2v) is 6.46. The predicted octanol–water partition coefficient (Wildman–Crippen LogP) is 4.65. The van der Waals surface area contributed by atoms with Gasteiger partial charge in [-0.1, -0.05) is 48.1 Å². The van der Waals surface area contributed by atoms with Gasteiger partial charge in [-0.3, -0.25) is 0 Å². The van der Waals surface area contributed by atoms with Crippen molar-refractivity contribution in [2.45, 2.75) is 32.3 Å². The van der Waals surface area contributed by atoms with E-state index < -0.39 is 0 Å². The summed E-state index contributed by atoms with van der Waals surface area (Å²) < 4.78 is 12.1. The first-order valence-electron chi connectivity index (χ1n) is 9.06. The highest BCUT2D eigenvalue weighted by Gasteiger charge is 2.13. The maximum absolute atomic E-state index is 6.06. The highest BCUT2D eigenvalue weighted by atomic mass is 16.5. The molecule has 0 heterocycles. The van der Waals surface area contributed by atoms with Gasteiger partial charge in [0.1, 0.15) is 19.0 Å². The Hall–Kier alpha value is -2.26. The molecule has 0 saturated heterocycles. The molecule has 0 atom stereocenters. The van der Waals surface area contributed by atoms with E-state index in [4.69, 9.17) is 9.47 Å². The minimum absolute atomic E-state index is 0.600. The number of hydrogen-bond donors (Lipinski definition) is 1. The highest BCUT2D eigenvalue weighted by molar-refractivity contribution is 5.27. The Morgan fingerprint density at radius 2 is 1.84 bits per heavy atom. The standard InChI is InChI=1S/C22H27NO2/c1-23-15-18-11-13-21(14-12-18)24-17-20-9-5-6-10-22(20)25-16-19-7-3-2-4-8-19/h2-4,6-8,10-11,13,23H,5,9,12,14-17H2,1H3. The van der Waals surface area contributed by atoms with Crippen LogP contribution in [0, 0.1) is 0 Å². The van der Waals surface area contributed by atoms with E-state index in [2.05, 4.69) is 41.8 Å². The van der Waals surface area contributed by atoms with Crippen molar-refractivity contribution in [3.63, 3.8) is 0 Å². The van der Waals surface area contributed by atoms with Crippen LogP contribution in [0.4, 0.5) is 0 Å². The number of benzene rings is 1. The maximum Gasteiger partial charge on any atom is 0.122 e. The summed E-state index contributed by atoms with van der Waals surface area (Å²) >= 11 is 0. The summed E-state index contributed by atoms with van der Waals surface area (Å²) in [5.41, 5.74) is 3.87. The molecular weight excluding hydrogens is 310 g/mol. The summed E-state index contributed by atoms with van der Waals surface area (Å²) in [6.45, 7) is 2.18. The van der Waals surface area contributed by atoms with Crippen molar-refractivity contribution < 1.29 is 9.47 Å². The Kier molecular flexibility index (Phi) is 6.52. The number of ether oxygens (including phenoxy) is 2. The van der Waals surface area contributed by atoms with Gasteiger partial charge in [0, 0.05) is 18.5 Å². The average Bonchev–Trinajstić information content (AvgIpc) is 2.67. The third kappa shape index (κ3) is 5.36. The average molecular weight is 337 g/mol. The van der Waals surface area contributed by atoms with Gasteiger partial charge in [-0.15, -0.1) is 0 Å². The highest BCUT2D eigenvalue weighted by Crippen LogP contribution is 2.24. The molecule has 2 aliphatic carbocycles. The molecular formula is C22H27NO2. The largest absolute Gasteiger partial charge is 0.493 e. The molecule has 1 aromatic carbocycles. The summed E-state index contributed by atoms with van der Waals surface area (Å²) in [7, 11) is 1.98. The van der Waals surface area contributed by atoms with Crippen LogP contribution in [-0.4, -0.2) is 20.2 Å². The van der Waals surface area contributed by atoms with Gasteiger partial charge < -0.3 is 14.8 Å². The van der Waals surface area contributed by atoms with E-state index in [1.165, 1.54) is 16.7 Å². The van der Waals surface area contributed by atoms with E-state index in [-0.39, 0.29) is 0 Å². The summed E-state index contributed by atoms with van der Waals surface area (Å²) in [4.78, 5) is 0.